The molecule has 0 saturated carbocycles. The summed E-state index contributed by atoms with van der Waals surface area (Å²) in [5, 5.41) is 7.40. The molecule has 1 aliphatic heterocycles. The van der Waals surface area contributed by atoms with E-state index in [0.717, 1.165) is 38.3 Å². The van der Waals surface area contributed by atoms with E-state index < -0.39 is 0 Å². The number of rotatable bonds is 6. The molecule has 0 aliphatic carbocycles. The second-order valence-electron chi connectivity index (χ2n) is 7.09. The van der Waals surface area contributed by atoms with E-state index in [9.17, 15) is 4.79 Å². The molecule has 1 aromatic heterocycles. The smallest absolute Gasteiger partial charge is 0.342 e. The summed E-state index contributed by atoms with van der Waals surface area (Å²) in [6.07, 6.45) is 1.57. The van der Waals surface area contributed by atoms with Crippen LogP contribution in [-0.2, 0) is 17.9 Å². The summed E-state index contributed by atoms with van der Waals surface area (Å²) >= 11 is 0. The molecule has 6 nitrogen and oxygen atoms in total. The zero-order chi connectivity index (χ0) is 19.2. The van der Waals surface area contributed by atoms with Gasteiger partial charge in [-0.05, 0) is 31.5 Å². The number of hydrogen-bond acceptors (Lipinski definition) is 5. The van der Waals surface area contributed by atoms with Crippen LogP contribution in [0.3, 0.4) is 0 Å². The van der Waals surface area contributed by atoms with Gasteiger partial charge in [0.1, 0.15) is 11.4 Å². The Bertz CT molecular complexity index is 754. The Morgan fingerprint density at radius 3 is 2.41 bits per heavy atom. The standard InChI is InChI=1S/C21H27N3O3/c1-16(2)27-21(26)19-4-3-9-22-20(19)24-12-10-23(11-13-24)14-17-5-7-18(15-25)8-6-17/h3-9,16,25H,10-15H2,1-2H3/p+1. The first kappa shape index (κ1) is 19.3. The zero-order valence-electron chi connectivity index (χ0n) is 16.0. The van der Waals surface area contributed by atoms with Crippen molar-refractivity contribution in [2.45, 2.75) is 33.1 Å². The Morgan fingerprint density at radius 2 is 1.78 bits per heavy atom. The lowest BCUT2D eigenvalue weighted by atomic mass is 10.1. The largest absolute Gasteiger partial charge is 0.459 e. The van der Waals surface area contributed by atoms with Crippen LogP contribution in [0.5, 0.6) is 0 Å². The van der Waals surface area contributed by atoms with Crippen LogP contribution < -0.4 is 4.90 Å². The summed E-state index contributed by atoms with van der Waals surface area (Å²) in [5.74, 6) is 0.396. The molecule has 3 rings (SSSR count). The van der Waals surface area contributed by atoms with Gasteiger partial charge in [0.15, 0.2) is 6.61 Å². The number of ether oxygens (including phenoxy) is 1. The zero-order valence-corrected chi connectivity index (χ0v) is 16.0. The molecule has 2 heterocycles. The maximum atomic E-state index is 12.4. The highest BCUT2D eigenvalue weighted by Crippen LogP contribution is 2.21. The quantitative estimate of drug-likeness (QED) is 0.576. The van der Waals surface area contributed by atoms with E-state index >= 15 is 0 Å². The number of pyridine rings is 1. The second-order valence-corrected chi connectivity index (χ2v) is 7.09. The average molecular weight is 370 g/mol. The Balaban J connectivity index is 1.61. The molecular weight excluding hydrogens is 342 g/mol. The van der Waals surface area contributed by atoms with E-state index in [1.54, 1.807) is 18.3 Å². The lowest BCUT2D eigenvalue weighted by Gasteiger charge is -2.36. The first-order valence-electron chi connectivity index (χ1n) is 9.42. The molecule has 1 fully saturated rings. The summed E-state index contributed by atoms with van der Waals surface area (Å²) < 4.78 is 5.36. The SMILES string of the molecule is CC(C)OC(=O)c1cccnc1N1CCN(Cc2ccc(C[OH2+])cc2)CC1. The molecule has 27 heavy (non-hydrogen) atoms. The Labute approximate surface area is 160 Å². The van der Waals surface area contributed by atoms with Crippen molar-refractivity contribution in [1.29, 1.82) is 0 Å². The van der Waals surface area contributed by atoms with E-state index in [-0.39, 0.29) is 12.1 Å². The molecule has 0 unspecified atom stereocenters. The maximum Gasteiger partial charge on any atom is 0.342 e. The van der Waals surface area contributed by atoms with Crippen molar-refractivity contribution in [3.05, 3.63) is 59.3 Å². The van der Waals surface area contributed by atoms with Crippen LogP contribution in [0.25, 0.3) is 0 Å². The molecular formula is C21H28N3O3+. The van der Waals surface area contributed by atoms with Gasteiger partial charge in [0.25, 0.3) is 0 Å². The maximum absolute atomic E-state index is 12.4. The summed E-state index contributed by atoms with van der Waals surface area (Å²) in [6.45, 7) is 8.40. The molecule has 2 N–H and O–H groups in total. The van der Waals surface area contributed by atoms with Gasteiger partial charge >= 0.3 is 5.97 Å². The van der Waals surface area contributed by atoms with E-state index in [0.29, 0.717) is 18.0 Å². The third-order valence-corrected chi connectivity index (χ3v) is 4.65. The van der Waals surface area contributed by atoms with Crippen LogP contribution in [0.2, 0.25) is 0 Å². The fraction of sp³-hybridized carbons (Fsp3) is 0.429. The molecule has 0 radical (unpaired) electrons. The van der Waals surface area contributed by atoms with Crippen molar-refractivity contribution in [1.82, 2.24) is 9.88 Å². The van der Waals surface area contributed by atoms with E-state index in [2.05, 4.69) is 26.9 Å². The van der Waals surface area contributed by atoms with Crippen molar-refractivity contribution in [3.8, 4) is 0 Å². The summed E-state index contributed by atoms with van der Waals surface area (Å²) in [7, 11) is 0. The summed E-state index contributed by atoms with van der Waals surface area (Å²) in [5.41, 5.74) is 2.84. The first-order chi connectivity index (χ1) is 13.1. The van der Waals surface area contributed by atoms with Gasteiger partial charge in [0.05, 0.1) is 6.10 Å². The Kier molecular flexibility index (Phi) is 6.42. The van der Waals surface area contributed by atoms with Crippen molar-refractivity contribution < 1.29 is 14.6 Å². The van der Waals surface area contributed by atoms with Crippen LogP contribution in [0.4, 0.5) is 5.82 Å². The molecule has 0 spiro atoms. The molecule has 144 valence electrons. The minimum absolute atomic E-state index is 0.149. The van der Waals surface area contributed by atoms with E-state index in [1.807, 2.05) is 26.0 Å². The van der Waals surface area contributed by atoms with Gasteiger partial charge in [-0.15, -0.1) is 0 Å². The van der Waals surface area contributed by atoms with Gasteiger partial charge in [0, 0.05) is 44.5 Å². The number of carbonyl (C=O) groups is 1. The van der Waals surface area contributed by atoms with Crippen LogP contribution in [0.15, 0.2) is 42.6 Å². The topological polar surface area (TPSA) is 68.6 Å². The number of aromatic nitrogens is 1. The van der Waals surface area contributed by atoms with Crippen LogP contribution in [0, 0.1) is 0 Å². The predicted octanol–water partition coefficient (Wildman–Crippen LogP) is 2.19. The number of nitrogens with zero attached hydrogens (tertiary/aromatic N) is 3. The molecule has 1 aliphatic rings. The predicted molar refractivity (Wildman–Crippen MR) is 106 cm³/mol. The molecule has 0 bridgehead atoms. The third-order valence-electron chi connectivity index (χ3n) is 4.65. The number of esters is 1. The highest BCUT2D eigenvalue weighted by atomic mass is 16.5. The van der Waals surface area contributed by atoms with E-state index in [4.69, 9.17) is 9.84 Å². The number of carbonyl (C=O) groups excluding carboxylic acids is 1. The van der Waals surface area contributed by atoms with Crippen molar-refractivity contribution in [2.24, 2.45) is 0 Å². The first-order valence-corrected chi connectivity index (χ1v) is 9.42. The van der Waals surface area contributed by atoms with E-state index in [1.165, 1.54) is 5.56 Å². The molecule has 0 amide bonds. The van der Waals surface area contributed by atoms with Gasteiger partial charge in [-0.2, -0.15) is 0 Å². The highest BCUT2D eigenvalue weighted by molar-refractivity contribution is 5.94. The third kappa shape index (κ3) is 5.05. The Hall–Kier alpha value is -2.44. The van der Waals surface area contributed by atoms with Gasteiger partial charge in [-0.25, -0.2) is 9.78 Å². The van der Waals surface area contributed by atoms with Crippen LogP contribution in [0.1, 0.15) is 35.3 Å². The number of hydrogen-bond donors (Lipinski definition) is 0. The van der Waals surface area contributed by atoms with Crippen molar-refractivity contribution in [2.75, 3.05) is 31.1 Å². The minimum Gasteiger partial charge on any atom is -0.459 e. The fourth-order valence-electron chi connectivity index (χ4n) is 3.22. The van der Waals surface area contributed by atoms with Crippen molar-refractivity contribution in [3.63, 3.8) is 0 Å². The second kappa shape index (κ2) is 8.97. The number of piperazine rings is 1. The lowest BCUT2D eigenvalue weighted by Crippen LogP contribution is -2.46. The molecule has 1 saturated heterocycles. The highest BCUT2D eigenvalue weighted by Gasteiger charge is 2.23. The summed E-state index contributed by atoms with van der Waals surface area (Å²) in [6, 6.07) is 11.8. The van der Waals surface area contributed by atoms with Crippen molar-refractivity contribution >= 4 is 11.8 Å². The van der Waals surface area contributed by atoms with Gasteiger partial charge in [-0.1, -0.05) is 24.3 Å². The Morgan fingerprint density at radius 1 is 1.11 bits per heavy atom. The fourth-order valence-corrected chi connectivity index (χ4v) is 3.22. The molecule has 2 aromatic rings. The normalized spacial score (nSPS) is 15.2. The molecule has 6 heteroatoms. The van der Waals surface area contributed by atoms with Crippen LogP contribution >= 0.6 is 0 Å². The number of anilines is 1. The molecule has 1 aromatic carbocycles. The van der Waals surface area contributed by atoms with Crippen LogP contribution in [-0.4, -0.2) is 53.2 Å². The lowest BCUT2D eigenvalue weighted by molar-refractivity contribution is 0.0378. The van der Waals surface area contributed by atoms with Gasteiger partial charge in [-0.3, -0.25) is 4.90 Å². The minimum atomic E-state index is -0.315. The van der Waals surface area contributed by atoms with Gasteiger partial charge in [0.2, 0.25) is 0 Å². The van der Waals surface area contributed by atoms with Gasteiger partial charge < -0.3 is 14.7 Å². The molecule has 0 atom stereocenters. The number of benzene rings is 1. The average Bonchev–Trinajstić information content (AvgIpc) is 2.69. The monoisotopic (exact) mass is 370 g/mol. The summed E-state index contributed by atoms with van der Waals surface area (Å²) in [4.78, 5) is 21.4.